The Labute approximate surface area is 196 Å². The minimum absolute atomic E-state index is 0. The maximum Gasteiger partial charge on any atom is 0.239 e. The Bertz CT molecular complexity index is 637. The summed E-state index contributed by atoms with van der Waals surface area (Å²) in [5.74, 6) is 0.913. The number of likely N-dealkylation sites (tertiary alicyclic amines) is 1. The van der Waals surface area contributed by atoms with Crippen molar-refractivity contribution in [1.82, 2.24) is 20.4 Å². The van der Waals surface area contributed by atoms with Crippen molar-refractivity contribution in [2.24, 2.45) is 4.99 Å². The smallest absolute Gasteiger partial charge is 0.239 e. The first kappa shape index (κ1) is 26.1. The second kappa shape index (κ2) is 12.7. The Hall–Kier alpha value is -0.910. The molecule has 0 radical (unpaired) electrons. The fraction of sp³-hybridized carbons (Fsp3) is 0.700. The zero-order valence-electron chi connectivity index (χ0n) is 18.0. The van der Waals surface area contributed by atoms with Crippen LogP contribution in [0.3, 0.4) is 0 Å². The van der Waals surface area contributed by atoms with Crippen LogP contribution in [-0.4, -0.2) is 79.6 Å². The summed E-state index contributed by atoms with van der Waals surface area (Å²) in [6, 6.07) is 1.96. The summed E-state index contributed by atoms with van der Waals surface area (Å²) in [5, 5.41) is 21.1. The van der Waals surface area contributed by atoms with Gasteiger partial charge in [0.15, 0.2) is 5.96 Å². The van der Waals surface area contributed by atoms with Gasteiger partial charge in [0, 0.05) is 33.7 Å². The van der Waals surface area contributed by atoms with Crippen LogP contribution in [0.5, 0.6) is 0 Å². The van der Waals surface area contributed by atoms with E-state index in [0.29, 0.717) is 12.5 Å². The summed E-state index contributed by atoms with van der Waals surface area (Å²) in [4.78, 5) is 20.8. The number of amides is 1. The van der Waals surface area contributed by atoms with Gasteiger partial charge in [0.05, 0.1) is 12.6 Å². The number of halogens is 1. The van der Waals surface area contributed by atoms with Crippen LogP contribution in [-0.2, 0) is 10.4 Å². The third-order valence-corrected chi connectivity index (χ3v) is 5.72. The van der Waals surface area contributed by atoms with Crippen molar-refractivity contribution in [1.29, 1.82) is 0 Å². The van der Waals surface area contributed by atoms with Crippen molar-refractivity contribution >= 4 is 47.2 Å². The van der Waals surface area contributed by atoms with Gasteiger partial charge in [-0.3, -0.25) is 9.69 Å². The average molecular weight is 538 g/mol. The van der Waals surface area contributed by atoms with Crippen molar-refractivity contribution in [2.45, 2.75) is 44.8 Å². The van der Waals surface area contributed by atoms with E-state index < -0.39 is 5.60 Å². The highest BCUT2D eigenvalue weighted by Crippen LogP contribution is 2.23. The van der Waals surface area contributed by atoms with E-state index in [0.717, 1.165) is 51.0 Å². The molecule has 1 amide bonds. The molecule has 1 fully saturated rings. The number of thiophene rings is 1. The predicted molar refractivity (Wildman–Crippen MR) is 131 cm³/mol. The molecule has 3 N–H and O–H groups in total. The number of carbonyl (C=O) groups is 1. The lowest BCUT2D eigenvalue weighted by Gasteiger charge is -2.26. The van der Waals surface area contributed by atoms with Crippen molar-refractivity contribution in [3.05, 3.63) is 22.4 Å². The second-order valence-corrected chi connectivity index (χ2v) is 8.47. The number of aliphatic hydroxyl groups is 1. The van der Waals surface area contributed by atoms with E-state index in [1.54, 1.807) is 23.2 Å². The van der Waals surface area contributed by atoms with Crippen molar-refractivity contribution in [3.8, 4) is 0 Å². The Morgan fingerprint density at radius 1 is 1.45 bits per heavy atom. The SMILES string of the molecule is CCNC(=NCC(C)(O)c1ccsc1)NCCCN1CCCC1C(=O)N(C)C.I. The molecule has 0 aromatic carbocycles. The topological polar surface area (TPSA) is 80.2 Å². The molecule has 0 saturated carbocycles. The number of guanidine groups is 1. The van der Waals surface area contributed by atoms with E-state index in [2.05, 4.69) is 20.5 Å². The molecule has 0 bridgehead atoms. The van der Waals surface area contributed by atoms with E-state index >= 15 is 0 Å². The van der Waals surface area contributed by atoms with Crippen LogP contribution in [0.1, 0.15) is 38.7 Å². The van der Waals surface area contributed by atoms with E-state index in [1.807, 2.05) is 37.8 Å². The van der Waals surface area contributed by atoms with E-state index in [-0.39, 0.29) is 35.9 Å². The summed E-state index contributed by atoms with van der Waals surface area (Å²) in [7, 11) is 3.65. The van der Waals surface area contributed by atoms with Gasteiger partial charge in [-0.2, -0.15) is 11.3 Å². The summed E-state index contributed by atoms with van der Waals surface area (Å²) in [5.41, 5.74) is -0.0831. The van der Waals surface area contributed by atoms with Crippen molar-refractivity contribution < 1.29 is 9.90 Å². The van der Waals surface area contributed by atoms with Gasteiger partial charge in [-0.25, -0.2) is 4.99 Å². The Kier molecular flexibility index (Phi) is 11.4. The predicted octanol–water partition coefficient (Wildman–Crippen LogP) is 2.07. The van der Waals surface area contributed by atoms with Crippen LogP contribution in [0.4, 0.5) is 0 Å². The van der Waals surface area contributed by atoms with Crippen LogP contribution in [0.15, 0.2) is 21.8 Å². The van der Waals surface area contributed by atoms with Gasteiger partial charge in [0.2, 0.25) is 5.91 Å². The molecule has 2 heterocycles. The summed E-state index contributed by atoms with van der Waals surface area (Å²) < 4.78 is 0. The third kappa shape index (κ3) is 8.03. The molecule has 2 rings (SSSR count). The van der Waals surface area contributed by atoms with Gasteiger partial charge in [0.25, 0.3) is 0 Å². The molecule has 2 atom stereocenters. The number of hydrogen-bond acceptors (Lipinski definition) is 5. The Morgan fingerprint density at radius 3 is 2.83 bits per heavy atom. The lowest BCUT2D eigenvalue weighted by atomic mass is 10.00. The number of nitrogens with zero attached hydrogens (tertiary/aromatic N) is 3. The molecule has 29 heavy (non-hydrogen) atoms. The van der Waals surface area contributed by atoms with Crippen LogP contribution >= 0.6 is 35.3 Å². The highest BCUT2D eigenvalue weighted by molar-refractivity contribution is 14.0. The van der Waals surface area contributed by atoms with E-state index in [4.69, 9.17) is 0 Å². The molecule has 1 aliphatic rings. The Morgan fingerprint density at radius 2 is 2.21 bits per heavy atom. The van der Waals surface area contributed by atoms with Gasteiger partial charge >= 0.3 is 0 Å². The number of rotatable bonds is 9. The maximum absolute atomic E-state index is 12.3. The van der Waals surface area contributed by atoms with Crippen LogP contribution < -0.4 is 10.6 Å². The zero-order valence-corrected chi connectivity index (χ0v) is 21.1. The minimum Gasteiger partial charge on any atom is -0.383 e. The average Bonchev–Trinajstić information content (AvgIpc) is 3.34. The molecule has 7 nitrogen and oxygen atoms in total. The Balaban J connectivity index is 0.00000420. The van der Waals surface area contributed by atoms with Crippen LogP contribution in [0.25, 0.3) is 0 Å². The number of hydrogen-bond donors (Lipinski definition) is 3. The quantitative estimate of drug-likeness (QED) is 0.195. The molecule has 1 saturated heterocycles. The first-order valence-corrected chi connectivity index (χ1v) is 11.0. The maximum atomic E-state index is 12.3. The molecule has 166 valence electrons. The molecule has 0 aliphatic carbocycles. The monoisotopic (exact) mass is 537 g/mol. The number of nitrogens with one attached hydrogen (secondary N) is 2. The van der Waals surface area contributed by atoms with Crippen molar-refractivity contribution in [2.75, 3.05) is 46.8 Å². The van der Waals surface area contributed by atoms with Crippen LogP contribution in [0, 0.1) is 0 Å². The van der Waals surface area contributed by atoms with Gasteiger partial charge in [-0.05, 0) is 62.0 Å². The van der Waals surface area contributed by atoms with Gasteiger partial charge in [-0.15, -0.1) is 24.0 Å². The third-order valence-electron chi connectivity index (χ3n) is 5.04. The molecule has 1 aliphatic heterocycles. The molecular weight excluding hydrogens is 501 g/mol. The summed E-state index contributed by atoms with van der Waals surface area (Å²) >= 11 is 1.57. The van der Waals surface area contributed by atoms with Crippen molar-refractivity contribution in [3.63, 3.8) is 0 Å². The summed E-state index contributed by atoms with van der Waals surface area (Å²) in [6.45, 7) is 7.52. The lowest BCUT2D eigenvalue weighted by molar-refractivity contribution is -0.133. The molecule has 1 aromatic rings. The largest absolute Gasteiger partial charge is 0.383 e. The number of likely N-dealkylation sites (N-methyl/N-ethyl adjacent to an activating group) is 1. The fourth-order valence-electron chi connectivity index (χ4n) is 3.40. The van der Waals surface area contributed by atoms with Gasteiger partial charge in [0.1, 0.15) is 5.60 Å². The van der Waals surface area contributed by atoms with Crippen LogP contribution in [0.2, 0.25) is 0 Å². The van der Waals surface area contributed by atoms with E-state index in [1.165, 1.54) is 0 Å². The first-order chi connectivity index (χ1) is 13.3. The van der Waals surface area contributed by atoms with Gasteiger partial charge < -0.3 is 20.6 Å². The number of carbonyl (C=O) groups excluding carboxylic acids is 1. The zero-order chi connectivity index (χ0) is 20.6. The second-order valence-electron chi connectivity index (χ2n) is 7.69. The molecule has 0 spiro atoms. The summed E-state index contributed by atoms with van der Waals surface area (Å²) in [6.07, 6.45) is 2.97. The molecular formula is C20H36IN5O2S. The molecule has 9 heteroatoms. The van der Waals surface area contributed by atoms with Gasteiger partial charge in [-0.1, -0.05) is 0 Å². The first-order valence-electron chi connectivity index (χ1n) is 10.1. The lowest BCUT2D eigenvalue weighted by Crippen LogP contribution is -2.44. The molecule has 1 aromatic heterocycles. The highest BCUT2D eigenvalue weighted by Gasteiger charge is 2.31. The highest BCUT2D eigenvalue weighted by atomic mass is 127. The molecule has 2 unspecified atom stereocenters. The minimum atomic E-state index is -0.975. The number of aliphatic imine (C=N–C) groups is 1. The normalized spacial score (nSPS) is 19.3. The standard InChI is InChI=1S/C20H35N5O2S.HI/c1-5-21-19(23-15-20(2,27)16-9-13-28-14-16)22-10-7-12-25-11-6-8-17(25)18(26)24(3)4;/h9,13-14,17,27H,5-8,10-12,15H2,1-4H3,(H2,21,22,23);1H. The van der Waals surface area contributed by atoms with E-state index in [9.17, 15) is 9.90 Å². The fourth-order valence-corrected chi connectivity index (χ4v) is 4.18.